The topological polar surface area (TPSA) is 78.4 Å². The van der Waals surface area contributed by atoms with Crippen LogP contribution in [0.15, 0.2) is 42.6 Å². The van der Waals surface area contributed by atoms with Gasteiger partial charge in [0, 0.05) is 24.0 Å². The SMILES string of the molecule is COc1cc(OC)nc(Oc2ncccc2CNc2ccc(Cl)c(C(F)(F)F)c2)n1. The first-order valence-electron chi connectivity index (χ1n) is 8.49. The molecule has 2 heterocycles. The molecule has 0 atom stereocenters. The summed E-state index contributed by atoms with van der Waals surface area (Å²) in [7, 11) is 2.87. The van der Waals surface area contributed by atoms with Crippen molar-refractivity contribution < 1.29 is 27.4 Å². The quantitative estimate of drug-likeness (QED) is 0.556. The molecule has 0 saturated heterocycles. The summed E-state index contributed by atoms with van der Waals surface area (Å²) in [5, 5.41) is 2.53. The lowest BCUT2D eigenvalue weighted by Gasteiger charge is -2.14. The van der Waals surface area contributed by atoms with Gasteiger partial charge in [0.25, 0.3) is 0 Å². The first-order chi connectivity index (χ1) is 14.3. The molecule has 11 heteroatoms. The smallest absolute Gasteiger partial charge is 0.417 e. The van der Waals surface area contributed by atoms with Crippen LogP contribution in [0.25, 0.3) is 0 Å². The number of rotatable bonds is 7. The van der Waals surface area contributed by atoms with Crippen molar-refractivity contribution in [3.8, 4) is 23.7 Å². The number of nitrogens with zero attached hydrogens (tertiary/aromatic N) is 3. The Morgan fingerprint density at radius 1 is 1.03 bits per heavy atom. The Labute approximate surface area is 174 Å². The first kappa shape index (κ1) is 21.4. The highest BCUT2D eigenvalue weighted by atomic mass is 35.5. The fourth-order valence-corrected chi connectivity index (χ4v) is 2.65. The van der Waals surface area contributed by atoms with Gasteiger partial charge in [-0.3, -0.25) is 0 Å². The molecule has 2 aromatic heterocycles. The maximum Gasteiger partial charge on any atom is 0.417 e. The summed E-state index contributed by atoms with van der Waals surface area (Å²) in [6.45, 7) is 0.128. The van der Waals surface area contributed by atoms with Crippen molar-refractivity contribution in [1.82, 2.24) is 15.0 Å². The van der Waals surface area contributed by atoms with Crippen LogP contribution in [0.4, 0.5) is 18.9 Å². The lowest BCUT2D eigenvalue weighted by molar-refractivity contribution is -0.137. The molecule has 3 rings (SSSR count). The molecule has 0 spiro atoms. The zero-order valence-electron chi connectivity index (χ0n) is 15.8. The summed E-state index contributed by atoms with van der Waals surface area (Å²) in [6, 6.07) is 8.36. The van der Waals surface area contributed by atoms with E-state index >= 15 is 0 Å². The molecule has 0 radical (unpaired) electrons. The molecule has 0 saturated carbocycles. The fourth-order valence-electron chi connectivity index (χ4n) is 2.43. The number of pyridine rings is 1. The van der Waals surface area contributed by atoms with Gasteiger partial charge in [0.2, 0.25) is 17.6 Å². The Bertz CT molecular complexity index is 1010. The molecule has 158 valence electrons. The van der Waals surface area contributed by atoms with Crippen LogP contribution >= 0.6 is 11.6 Å². The van der Waals surface area contributed by atoms with Crippen molar-refractivity contribution in [3.63, 3.8) is 0 Å². The Morgan fingerprint density at radius 2 is 1.73 bits per heavy atom. The number of alkyl halides is 3. The molecule has 3 aromatic rings. The monoisotopic (exact) mass is 440 g/mol. The number of halogens is 4. The number of methoxy groups -OCH3 is 2. The molecular formula is C19H16ClF3N4O3. The lowest BCUT2D eigenvalue weighted by atomic mass is 10.2. The van der Waals surface area contributed by atoms with Crippen LogP contribution in [-0.4, -0.2) is 29.2 Å². The minimum absolute atomic E-state index is 0.0583. The number of benzene rings is 1. The zero-order valence-corrected chi connectivity index (χ0v) is 16.6. The van der Waals surface area contributed by atoms with Crippen molar-refractivity contribution in [1.29, 1.82) is 0 Å². The van der Waals surface area contributed by atoms with Gasteiger partial charge in [0.05, 0.1) is 30.9 Å². The van der Waals surface area contributed by atoms with E-state index in [0.717, 1.165) is 6.07 Å². The third-order valence-electron chi connectivity index (χ3n) is 3.87. The van der Waals surface area contributed by atoms with Crippen LogP contribution in [0.5, 0.6) is 23.7 Å². The number of nitrogens with one attached hydrogen (secondary N) is 1. The minimum atomic E-state index is -4.56. The molecule has 1 aromatic carbocycles. The third-order valence-corrected chi connectivity index (χ3v) is 4.20. The summed E-state index contributed by atoms with van der Waals surface area (Å²) >= 11 is 5.65. The highest BCUT2D eigenvalue weighted by Crippen LogP contribution is 2.36. The van der Waals surface area contributed by atoms with E-state index in [1.54, 1.807) is 12.1 Å². The van der Waals surface area contributed by atoms with E-state index in [0.29, 0.717) is 5.56 Å². The lowest BCUT2D eigenvalue weighted by Crippen LogP contribution is -2.08. The van der Waals surface area contributed by atoms with E-state index in [9.17, 15) is 13.2 Å². The Balaban J connectivity index is 1.80. The second-order valence-corrected chi connectivity index (χ2v) is 6.26. The number of hydrogen-bond donors (Lipinski definition) is 1. The van der Waals surface area contributed by atoms with Gasteiger partial charge in [0.1, 0.15) is 0 Å². The predicted octanol–water partition coefficient (Wildman–Crippen LogP) is 4.97. The fraction of sp³-hybridized carbons (Fsp3) is 0.211. The molecule has 0 aliphatic rings. The van der Waals surface area contributed by atoms with Gasteiger partial charge >= 0.3 is 12.2 Å². The van der Waals surface area contributed by atoms with Crippen LogP contribution < -0.4 is 19.5 Å². The molecule has 0 aliphatic heterocycles. The average Bonchev–Trinajstić information content (AvgIpc) is 2.73. The van der Waals surface area contributed by atoms with E-state index < -0.39 is 11.7 Å². The van der Waals surface area contributed by atoms with E-state index in [2.05, 4.69) is 20.3 Å². The largest absolute Gasteiger partial charge is 0.481 e. The van der Waals surface area contributed by atoms with Crippen molar-refractivity contribution in [2.24, 2.45) is 0 Å². The molecule has 0 aliphatic carbocycles. The van der Waals surface area contributed by atoms with Gasteiger partial charge < -0.3 is 19.5 Å². The Hall–Kier alpha value is -3.27. The van der Waals surface area contributed by atoms with E-state index in [-0.39, 0.29) is 40.9 Å². The Morgan fingerprint density at radius 3 is 2.37 bits per heavy atom. The van der Waals surface area contributed by atoms with E-state index in [1.807, 2.05) is 0 Å². The maximum atomic E-state index is 13.0. The summed E-state index contributed by atoms with van der Waals surface area (Å²) in [5.74, 6) is 0.631. The summed E-state index contributed by atoms with van der Waals surface area (Å²) in [6.07, 6.45) is -3.06. The maximum absolute atomic E-state index is 13.0. The predicted molar refractivity (Wildman–Crippen MR) is 103 cm³/mol. The van der Waals surface area contributed by atoms with Gasteiger partial charge in [-0.1, -0.05) is 17.7 Å². The second kappa shape index (κ2) is 9.04. The van der Waals surface area contributed by atoms with Gasteiger partial charge in [-0.05, 0) is 24.3 Å². The average molecular weight is 441 g/mol. The highest BCUT2D eigenvalue weighted by Gasteiger charge is 2.33. The second-order valence-electron chi connectivity index (χ2n) is 5.85. The standard InChI is InChI=1S/C19H16ClF3N4O3/c1-28-15-9-16(29-2)27-18(26-15)30-17-11(4-3-7-24-17)10-25-12-5-6-14(20)13(8-12)19(21,22)23/h3-9,25H,10H2,1-2H3. The molecule has 7 nitrogen and oxygen atoms in total. The van der Waals surface area contributed by atoms with Crippen LogP contribution in [0.1, 0.15) is 11.1 Å². The van der Waals surface area contributed by atoms with Crippen LogP contribution in [0.2, 0.25) is 5.02 Å². The van der Waals surface area contributed by atoms with Gasteiger partial charge in [0.15, 0.2) is 0 Å². The van der Waals surface area contributed by atoms with Crippen molar-refractivity contribution in [2.45, 2.75) is 12.7 Å². The molecule has 0 bridgehead atoms. The number of hydrogen-bond acceptors (Lipinski definition) is 7. The van der Waals surface area contributed by atoms with Crippen LogP contribution in [-0.2, 0) is 12.7 Å². The number of ether oxygens (including phenoxy) is 3. The number of aromatic nitrogens is 3. The first-order valence-corrected chi connectivity index (χ1v) is 8.87. The van der Waals surface area contributed by atoms with Gasteiger partial charge in [-0.25, -0.2) is 4.98 Å². The Kier molecular flexibility index (Phi) is 6.46. The highest BCUT2D eigenvalue weighted by molar-refractivity contribution is 6.31. The minimum Gasteiger partial charge on any atom is -0.481 e. The molecule has 1 N–H and O–H groups in total. The van der Waals surface area contributed by atoms with Crippen LogP contribution in [0.3, 0.4) is 0 Å². The molecule has 0 fully saturated rings. The van der Waals surface area contributed by atoms with Crippen molar-refractivity contribution >= 4 is 17.3 Å². The summed E-state index contributed by atoms with van der Waals surface area (Å²) in [4.78, 5) is 12.3. The van der Waals surface area contributed by atoms with E-state index in [4.69, 9.17) is 25.8 Å². The molecule has 0 unspecified atom stereocenters. The molecule has 0 amide bonds. The summed E-state index contributed by atoms with van der Waals surface area (Å²) in [5.41, 5.74) is -0.124. The zero-order chi connectivity index (χ0) is 21.7. The van der Waals surface area contributed by atoms with Gasteiger partial charge in [-0.2, -0.15) is 23.1 Å². The number of anilines is 1. The molecular weight excluding hydrogens is 425 g/mol. The molecule has 30 heavy (non-hydrogen) atoms. The van der Waals surface area contributed by atoms with Crippen molar-refractivity contribution in [2.75, 3.05) is 19.5 Å². The van der Waals surface area contributed by atoms with Crippen molar-refractivity contribution in [3.05, 3.63) is 58.7 Å². The normalized spacial score (nSPS) is 11.1. The van der Waals surface area contributed by atoms with E-state index in [1.165, 1.54) is 38.6 Å². The van der Waals surface area contributed by atoms with Crippen LogP contribution in [0, 0.1) is 0 Å². The van der Waals surface area contributed by atoms with Gasteiger partial charge in [-0.15, -0.1) is 0 Å². The summed E-state index contributed by atoms with van der Waals surface area (Å²) < 4.78 is 54.9. The third kappa shape index (κ3) is 5.20.